The number of carbonyl (C=O) groups is 2. The van der Waals surface area contributed by atoms with Crippen LogP contribution in [0.15, 0.2) is 72.8 Å². The second kappa shape index (κ2) is 7.67. The first-order valence-corrected chi connectivity index (χ1v) is 8.85. The highest BCUT2D eigenvalue weighted by molar-refractivity contribution is 6.16. The molecule has 0 unspecified atom stereocenters. The first kappa shape index (κ1) is 18.6. The molecule has 6 heteroatoms. The van der Waals surface area contributed by atoms with Crippen molar-refractivity contribution in [3.63, 3.8) is 0 Å². The number of nitrogens with one attached hydrogen (secondary N) is 1. The summed E-state index contributed by atoms with van der Waals surface area (Å²) in [5.74, 6) is -3.05. The van der Waals surface area contributed by atoms with E-state index >= 15 is 0 Å². The minimum absolute atomic E-state index is 0.192. The first-order chi connectivity index (χ1) is 14.0. The van der Waals surface area contributed by atoms with Crippen molar-refractivity contribution in [1.82, 2.24) is 0 Å². The molecule has 29 heavy (non-hydrogen) atoms. The van der Waals surface area contributed by atoms with Crippen LogP contribution in [0.1, 0.15) is 10.4 Å². The normalized spacial score (nSPS) is 10.8. The number of benzene rings is 4. The molecule has 0 heterocycles. The third-order valence-electron chi connectivity index (χ3n) is 4.51. The fraction of sp³-hybridized carbons (Fsp3) is 0.0435. The third-order valence-corrected chi connectivity index (χ3v) is 4.51. The van der Waals surface area contributed by atoms with E-state index < -0.39 is 30.1 Å². The van der Waals surface area contributed by atoms with Gasteiger partial charge in [0.2, 0.25) is 0 Å². The highest BCUT2D eigenvalue weighted by atomic mass is 19.1. The summed E-state index contributed by atoms with van der Waals surface area (Å²) in [7, 11) is 0. The Morgan fingerprint density at radius 1 is 0.828 bits per heavy atom. The van der Waals surface area contributed by atoms with Crippen LogP contribution in [0.4, 0.5) is 14.5 Å². The van der Waals surface area contributed by atoms with E-state index in [2.05, 4.69) is 5.32 Å². The number of ether oxygens (including phenoxy) is 1. The maximum atomic E-state index is 13.7. The summed E-state index contributed by atoms with van der Waals surface area (Å²) in [4.78, 5) is 24.9. The van der Waals surface area contributed by atoms with Crippen LogP contribution in [0.5, 0.6) is 0 Å². The fourth-order valence-electron chi connectivity index (χ4n) is 3.21. The summed E-state index contributed by atoms with van der Waals surface area (Å²) in [5, 5.41) is 5.42. The number of fused-ring (bicyclic) bond motifs is 2. The van der Waals surface area contributed by atoms with E-state index in [1.807, 2.05) is 54.6 Å². The maximum absolute atomic E-state index is 13.7. The predicted molar refractivity (Wildman–Crippen MR) is 107 cm³/mol. The largest absolute Gasteiger partial charge is 0.452 e. The van der Waals surface area contributed by atoms with Gasteiger partial charge in [-0.3, -0.25) is 4.79 Å². The van der Waals surface area contributed by atoms with Gasteiger partial charge in [-0.2, -0.15) is 0 Å². The molecule has 4 aromatic rings. The molecule has 0 spiro atoms. The van der Waals surface area contributed by atoms with Crippen molar-refractivity contribution in [3.8, 4) is 0 Å². The van der Waals surface area contributed by atoms with Gasteiger partial charge in [0.15, 0.2) is 6.61 Å². The summed E-state index contributed by atoms with van der Waals surface area (Å²) < 4.78 is 31.8. The Labute approximate surface area is 164 Å². The molecule has 144 valence electrons. The minimum Gasteiger partial charge on any atom is -0.452 e. The smallest absolute Gasteiger partial charge is 0.339 e. The van der Waals surface area contributed by atoms with Crippen LogP contribution in [0.25, 0.3) is 21.5 Å². The van der Waals surface area contributed by atoms with Crippen LogP contribution < -0.4 is 5.32 Å². The first-order valence-electron chi connectivity index (χ1n) is 8.85. The summed E-state index contributed by atoms with van der Waals surface area (Å²) >= 11 is 0. The average molecular weight is 391 g/mol. The van der Waals surface area contributed by atoms with Crippen molar-refractivity contribution in [2.24, 2.45) is 0 Å². The number of esters is 1. The molecule has 0 aromatic heterocycles. The van der Waals surface area contributed by atoms with Gasteiger partial charge in [0.05, 0.1) is 11.3 Å². The lowest BCUT2D eigenvalue weighted by atomic mass is 9.97. The molecule has 4 rings (SSSR count). The van der Waals surface area contributed by atoms with Crippen molar-refractivity contribution >= 4 is 39.1 Å². The summed E-state index contributed by atoms with van der Waals surface area (Å²) in [6, 6.07) is 19.5. The lowest BCUT2D eigenvalue weighted by Crippen LogP contribution is -2.21. The number of rotatable bonds is 4. The molecule has 0 atom stereocenters. The Balaban J connectivity index is 1.58. The molecule has 0 aliphatic rings. The number of hydrogen-bond acceptors (Lipinski definition) is 3. The van der Waals surface area contributed by atoms with Gasteiger partial charge in [0.25, 0.3) is 5.91 Å². The average Bonchev–Trinajstić information content (AvgIpc) is 2.72. The van der Waals surface area contributed by atoms with E-state index in [-0.39, 0.29) is 5.69 Å². The molecule has 0 radical (unpaired) electrons. The standard InChI is InChI=1S/C23H15F2NO3/c24-16-9-10-20(19(25)12-16)26-21(27)13-29-23(28)22-17-7-3-1-5-14(17)11-15-6-2-4-8-18(15)22/h1-12H,13H2,(H,26,27). The van der Waals surface area contributed by atoms with Crippen LogP contribution in [0, 0.1) is 11.6 Å². The molecule has 0 fully saturated rings. The van der Waals surface area contributed by atoms with Gasteiger partial charge in [0.1, 0.15) is 11.6 Å². The van der Waals surface area contributed by atoms with Gasteiger partial charge < -0.3 is 10.1 Å². The summed E-state index contributed by atoms with van der Waals surface area (Å²) in [6.07, 6.45) is 0. The van der Waals surface area contributed by atoms with Crippen LogP contribution in [0.2, 0.25) is 0 Å². The Bertz CT molecular complexity index is 1200. The molecule has 1 amide bonds. The van der Waals surface area contributed by atoms with E-state index in [1.165, 1.54) is 0 Å². The van der Waals surface area contributed by atoms with Crippen LogP contribution in [-0.2, 0) is 9.53 Å². The van der Waals surface area contributed by atoms with Crippen LogP contribution in [-0.4, -0.2) is 18.5 Å². The van der Waals surface area contributed by atoms with Gasteiger partial charge in [0, 0.05) is 6.07 Å². The van der Waals surface area contributed by atoms with Crippen molar-refractivity contribution < 1.29 is 23.1 Å². The molecule has 0 aliphatic carbocycles. The van der Waals surface area contributed by atoms with E-state index in [9.17, 15) is 18.4 Å². The van der Waals surface area contributed by atoms with E-state index in [4.69, 9.17) is 4.74 Å². The van der Waals surface area contributed by atoms with Crippen molar-refractivity contribution in [1.29, 1.82) is 0 Å². The van der Waals surface area contributed by atoms with E-state index in [0.29, 0.717) is 22.4 Å². The van der Waals surface area contributed by atoms with Crippen molar-refractivity contribution in [2.75, 3.05) is 11.9 Å². The minimum atomic E-state index is -0.912. The second-order valence-corrected chi connectivity index (χ2v) is 6.44. The Morgan fingerprint density at radius 2 is 1.45 bits per heavy atom. The SMILES string of the molecule is O=C(COC(=O)c1c2ccccc2cc2ccccc12)Nc1ccc(F)cc1F. The van der Waals surface area contributed by atoms with E-state index in [0.717, 1.165) is 22.9 Å². The Kier molecular flexibility index (Phi) is 4.91. The van der Waals surface area contributed by atoms with Gasteiger partial charge in [-0.25, -0.2) is 13.6 Å². The predicted octanol–water partition coefficient (Wildman–Crippen LogP) is 5.07. The van der Waals surface area contributed by atoms with Gasteiger partial charge >= 0.3 is 5.97 Å². The molecular formula is C23H15F2NO3. The monoisotopic (exact) mass is 391 g/mol. The lowest BCUT2D eigenvalue weighted by molar-refractivity contribution is -0.119. The van der Waals surface area contributed by atoms with Crippen LogP contribution in [0.3, 0.4) is 0 Å². The maximum Gasteiger partial charge on any atom is 0.339 e. The number of halogens is 2. The van der Waals surface area contributed by atoms with Crippen molar-refractivity contribution in [2.45, 2.75) is 0 Å². The third kappa shape index (κ3) is 3.78. The van der Waals surface area contributed by atoms with Crippen LogP contribution >= 0.6 is 0 Å². The molecule has 0 bridgehead atoms. The number of amides is 1. The molecule has 0 saturated heterocycles. The molecule has 4 aromatic carbocycles. The molecule has 0 aliphatic heterocycles. The Hall–Kier alpha value is -3.80. The molecule has 4 nitrogen and oxygen atoms in total. The zero-order valence-electron chi connectivity index (χ0n) is 15.1. The molecule has 0 saturated carbocycles. The second-order valence-electron chi connectivity index (χ2n) is 6.44. The van der Waals surface area contributed by atoms with Gasteiger partial charge in [-0.05, 0) is 39.7 Å². The summed E-state index contributed by atoms with van der Waals surface area (Å²) in [5.41, 5.74) is 0.169. The van der Waals surface area contributed by atoms with Crippen molar-refractivity contribution in [3.05, 3.63) is 90.0 Å². The van der Waals surface area contributed by atoms with Gasteiger partial charge in [-0.1, -0.05) is 48.5 Å². The number of anilines is 1. The quantitative estimate of drug-likeness (QED) is 0.391. The zero-order valence-corrected chi connectivity index (χ0v) is 15.1. The number of carbonyl (C=O) groups excluding carboxylic acids is 2. The number of hydrogen-bond donors (Lipinski definition) is 1. The highest BCUT2D eigenvalue weighted by Gasteiger charge is 2.18. The van der Waals surface area contributed by atoms with E-state index in [1.54, 1.807) is 0 Å². The fourth-order valence-corrected chi connectivity index (χ4v) is 3.21. The summed E-state index contributed by atoms with van der Waals surface area (Å²) in [6.45, 7) is -0.604. The highest BCUT2D eigenvalue weighted by Crippen LogP contribution is 2.29. The lowest BCUT2D eigenvalue weighted by Gasteiger charge is -2.12. The molecule has 1 N–H and O–H groups in total. The Morgan fingerprint density at radius 3 is 2.07 bits per heavy atom. The molecular weight excluding hydrogens is 376 g/mol. The topological polar surface area (TPSA) is 55.4 Å². The zero-order chi connectivity index (χ0) is 20.4. The van der Waals surface area contributed by atoms with Gasteiger partial charge in [-0.15, -0.1) is 0 Å².